The summed E-state index contributed by atoms with van der Waals surface area (Å²) in [6, 6.07) is 15.6. The summed E-state index contributed by atoms with van der Waals surface area (Å²) in [7, 11) is 5.56. The number of alkyl carbamates (subject to hydrolysis) is 1. The third kappa shape index (κ3) is 5.93. The van der Waals surface area contributed by atoms with E-state index in [9.17, 15) is 9.59 Å². The largest absolute Gasteiger partial charge is 0.497 e. The molecule has 0 aliphatic carbocycles. The molecular weight excluding hydrogens is 418 g/mol. The fraction of sp³-hybridized carbons (Fsp3) is 0.385. The number of hydrogen-bond acceptors (Lipinski definition) is 5. The Hall–Kier alpha value is -3.32. The van der Waals surface area contributed by atoms with Crippen LogP contribution in [0.4, 0.5) is 4.79 Å². The minimum atomic E-state index is -0.584. The fourth-order valence-electron chi connectivity index (χ4n) is 3.81. The molecule has 0 saturated heterocycles. The summed E-state index contributed by atoms with van der Waals surface area (Å²) in [5, 5.41) is 4.22. The van der Waals surface area contributed by atoms with Crippen molar-refractivity contribution in [3.8, 4) is 16.9 Å². The van der Waals surface area contributed by atoms with Crippen molar-refractivity contribution in [3.63, 3.8) is 0 Å². The zero-order valence-corrected chi connectivity index (χ0v) is 20.3. The minimum Gasteiger partial charge on any atom is -0.497 e. The van der Waals surface area contributed by atoms with Crippen LogP contribution in [0, 0.1) is 0 Å². The normalized spacial score (nSPS) is 11.6. The topological polar surface area (TPSA) is 72.8 Å². The predicted octanol–water partition coefficient (Wildman–Crippen LogP) is 4.26. The average molecular weight is 452 g/mol. The smallest absolute Gasteiger partial charge is 0.407 e. The van der Waals surface area contributed by atoms with E-state index in [2.05, 4.69) is 5.32 Å². The SMILES string of the molecule is COc1ccc2c(=O)n(CCNC(=O)OC(C)(C)C)c(CN(C)C)c(-c3ccccc3)c2c1. The number of hydrogen-bond donors (Lipinski definition) is 1. The van der Waals surface area contributed by atoms with E-state index < -0.39 is 11.7 Å². The average Bonchev–Trinajstić information content (AvgIpc) is 2.74. The second-order valence-electron chi connectivity index (χ2n) is 9.22. The van der Waals surface area contributed by atoms with Gasteiger partial charge in [0, 0.05) is 41.7 Å². The minimum absolute atomic E-state index is 0.102. The molecule has 0 aliphatic heterocycles. The molecule has 0 radical (unpaired) electrons. The highest BCUT2D eigenvalue weighted by Crippen LogP contribution is 2.33. The Morgan fingerprint density at radius 1 is 1.06 bits per heavy atom. The van der Waals surface area contributed by atoms with Crippen molar-refractivity contribution in [2.45, 2.75) is 39.5 Å². The van der Waals surface area contributed by atoms with E-state index in [0.29, 0.717) is 24.2 Å². The van der Waals surface area contributed by atoms with Crippen molar-refractivity contribution in [3.05, 3.63) is 64.6 Å². The van der Waals surface area contributed by atoms with Crippen molar-refractivity contribution < 1.29 is 14.3 Å². The molecular formula is C26H33N3O4. The number of carbonyl (C=O) groups is 1. The number of amides is 1. The number of methoxy groups -OCH3 is 1. The first-order valence-electron chi connectivity index (χ1n) is 11.0. The highest BCUT2D eigenvalue weighted by atomic mass is 16.6. The lowest BCUT2D eigenvalue weighted by atomic mass is 9.96. The Morgan fingerprint density at radius 2 is 1.76 bits per heavy atom. The molecule has 0 saturated carbocycles. The van der Waals surface area contributed by atoms with Crippen molar-refractivity contribution in [2.24, 2.45) is 0 Å². The van der Waals surface area contributed by atoms with Gasteiger partial charge < -0.3 is 24.3 Å². The zero-order chi connectivity index (χ0) is 24.2. The molecule has 1 N–H and O–H groups in total. The number of fused-ring (bicyclic) bond motifs is 1. The molecule has 3 rings (SSSR count). The molecule has 7 nitrogen and oxygen atoms in total. The fourth-order valence-corrected chi connectivity index (χ4v) is 3.81. The first kappa shape index (κ1) is 24.3. The third-order valence-corrected chi connectivity index (χ3v) is 5.12. The Kier molecular flexibility index (Phi) is 7.43. The van der Waals surface area contributed by atoms with Gasteiger partial charge in [-0.05, 0) is 58.6 Å². The highest BCUT2D eigenvalue weighted by molar-refractivity contribution is 5.98. The Balaban J connectivity index is 2.15. The summed E-state index contributed by atoms with van der Waals surface area (Å²) in [4.78, 5) is 27.7. The van der Waals surface area contributed by atoms with Crippen LogP contribution in [0.15, 0.2) is 53.3 Å². The molecule has 0 unspecified atom stereocenters. The van der Waals surface area contributed by atoms with Crippen LogP contribution in [0.5, 0.6) is 5.75 Å². The van der Waals surface area contributed by atoms with E-state index in [1.54, 1.807) is 23.8 Å². The first-order valence-corrected chi connectivity index (χ1v) is 11.0. The second kappa shape index (κ2) is 10.1. The van der Waals surface area contributed by atoms with E-state index in [0.717, 1.165) is 22.2 Å². The summed E-state index contributed by atoms with van der Waals surface area (Å²) in [6.45, 7) is 6.59. The van der Waals surface area contributed by atoms with Crippen molar-refractivity contribution in [1.82, 2.24) is 14.8 Å². The summed E-state index contributed by atoms with van der Waals surface area (Å²) in [5.74, 6) is 0.694. The quantitative estimate of drug-likeness (QED) is 0.581. The number of rotatable bonds is 7. The maximum Gasteiger partial charge on any atom is 0.407 e. The van der Waals surface area contributed by atoms with Crippen LogP contribution in [-0.2, 0) is 17.8 Å². The van der Waals surface area contributed by atoms with E-state index in [-0.39, 0.29) is 12.1 Å². The van der Waals surface area contributed by atoms with Crippen LogP contribution in [0.2, 0.25) is 0 Å². The van der Waals surface area contributed by atoms with Crippen molar-refractivity contribution in [1.29, 1.82) is 0 Å². The van der Waals surface area contributed by atoms with Gasteiger partial charge in [-0.15, -0.1) is 0 Å². The number of carbonyl (C=O) groups excluding carboxylic acids is 1. The monoisotopic (exact) mass is 451 g/mol. The number of benzene rings is 2. The van der Waals surface area contributed by atoms with E-state index in [4.69, 9.17) is 9.47 Å². The Labute approximate surface area is 194 Å². The molecule has 2 aromatic carbocycles. The maximum absolute atomic E-state index is 13.6. The molecule has 0 bridgehead atoms. The standard InChI is InChI=1S/C26H33N3O4/c1-26(2,3)33-25(31)27-14-15-29-22(17-28(4)5)23(18-10-8-7-9-11-18)21-16-19(32-6)12-13-20(21)24(29)30/h7-13,16H,14-15,17H2,1-6H3,(H,27,31). The maximum atomic E-state index is 13.6. The van der Waals surface area contributed by atoms with E-state index in [1.165, 1.54) is 0 Å². The van der Waals surface area contributed by atoms with Gasteiger partial charge in [0.2, 0.25) is 0 Å². The van der Waals surface area contributed by atoms with Gasteiger partial charge in [0.25, 0.3) is 5.56 Å². The Morgan fingerprint density at radius 3 is 2.36 bits per heavy atom. The van der Waals surface area contributed by atoms with Gasteiger partial charge in [-0.3, -0.25) is 4.79 Å². The van der Waals surface area contributed by atoms with Gasteiger partial charge in [-0.1, -0.05) is 30.3 Å². The van der Waals surface area contributed by atoms with Crippen LogP contribution in [0.3, 0.4) is 0 Å². The highest BCUT2D eigenvalue weighted by Gasteiger charge is 2.20. The molecule has 1 heterocycles. The van der Waals surface area contributed by atoms with Gasteiger partial charge in [-0.2, -0.15) is 0 Å². The van der Waals surface area contributed by atoms with Gasteiger partial charge in [-0.25, -0.2) is 4.79 Å². The number of ether oxygens (including phenoxy) is 2. The molecule has 33 heavy (non-hydrogen) atoms. The molecule has 0 atom stereocenters. The van der Waals surface area contributed by atoms with E-state index >= 15 is 0 Å². The van der Waals surface area contributed by atoms with E-state index in [1.807, 2.05) is 76.2 Å². The lowest BCUT2D eigenvalue weighted by Crippen LogP contribution is -2.36. The summed E-state index contributed by atoms with van der Waals surface area (Å²) in [6.07, 6.45) is -0.501. The molecule has 1 aromatic heterocycles. The van der Waals surface area contributed by atoms with Crippen molar-refractivity contribution >= 4 is 16.9 Å². The number of nitrogens with zero attached hydrogens (tertiary/aromatic N) is 2. The lowest BCUT2D eigenvalue weighted by Gasteiger charge is -2.23. The van der Waals surface area contributed by atoms with Crippen molar-refractivity contribution in [2.75, 3.05) is 27.7 Å². The second-order valence-corrected chi connectivity index (χ2v) is 9.22. The van der Waals surface area contributed by atoms with Crippen LogP contribution in [0.25, 0.3) is 21.9 Å². The van der Waals surface area contributed by atoms with Crippen LogP contribution < -0.4 is 15.6 Å². The van der Waals surface area contributed by atoms with Gasteiger partial charge in [0.1, 0.15) is 11.4 Å². The number of aromatic nitrogens is 1. The van der Waals surface area contributed by atoms with Crippen LogP contribution in [0.1, 0.15) is 26.5 Å². The molecule has 3 aromatic rings. The van der Waals surface area contributed by atoms with Gasteiger partial charge in [0.05, 0.1) is 7.11 Å². The molecule has 176 valence electrons. The zero-order valence-electron chi connectivity index (χ0n) is 20.3. The van der Waals surface area contributed by atoms with Gasteiger partial charge >= 0.3 is 6.09 Å². The number of pyridine rings is 1. The Bertz CT molecular complexity index is 1180. The molecule has 1 amide bonds. The summed E-state index contributed by atoms with van der Waals surface area (Å²) in [5.41, 5.74) is 2.19. The molecule has 0 fully saturated rings. The summed E-state index contributed by atoms with van der Waals surface area (Å²) < 4.78 is 12.5. The summed E-state index contributed by atoms with van der Waals surface area (Å²) >= 11 is 0. The number of nitrogens with one attached hydrogen (secondary N) is 1. The van der Waals surface area contributed by atoms with Gasteiger partial charge in [0.15, 0.2) is 0 Å². The third-order valence-electron chi connectivity index (χ3n) is 5.12. The lowest BCUT2D eigenvalue weighted by molar-refractivity contribution is 0.0525. The van der Waals surface area contributed by atoms with Crippen LogP contribution >= 0.6 is 0 Å². The van der Waals surface area contributed by atoms with Crippen LogP contribution in [-0.4, -0.2) is 48.9 Å². The first-order chi connectivity index (χ1) is 15.6. The molecule has 7 heteroatoms. The molecule has 0 spiro atoms. The molecule has 0 aliphatic rings. The predicted molar refractivity (Wildman–Crippen MR) is 132 cm³/mol.